The quantitative estimate of drug-likeness (QED) is 0.748. The first-order valence-electron chi connectivity index (χ1n) is 8.14. The highest BCUT2D eigenvalue weighted by Gasteiger charge is 2.34. The SMILES string of the molecule is COc1ccc(C(=O)C2CCCN(S(=O)(=O)c3ccsc3)C2)c(C)c1. The average Bonchev–Trinajstić information content (AvgIpc) is 3.16. The van der Waals surface area contributed by atoms with Crippen molar-refractivity contribution in [1.82, 2.24) is 4.31 Å². The number of Topliss-reactive ketones (excluding diaryl/α,β-unsaturated/α-hetero) is 1. The summed E-state index contributed by atoms with van der Waals surface area (Å²) in [6.07, 6.45) is 1.40. The number of rotatable bonds is 5. The van der Waals surface area contributed by atoms with Crippen molar-refractivity contribution in [2.24, 2.45) is 5.92 Å². The summed E-state index contributed by atoms with van der Waals surface area (Å²) < 4.78 is 32.0. The van der Waals surface area contributed by atoms with Gasteiger partial charge in [0.15, 0.2) is 5.78 Å². The zero-order valence-corrected chi connectivity index (χ0v) is 15.9. The van der Waals surface area contributed by atoms with Crippen molar-refractivity contribution in [1.29, 1.82) is 0 Å². The van der Waals surface area contributed by atoms with Gasteiger partial charge in [-0.05, 0) is 55.0 Å². The molecule has 1 unspecified atom stereocenters. The summed E-state index contributed by atoms with van der Waals surface area (Å²) in [5, 5.41) is 3.38. The normalized spacial score (nSPS) is 18.9. The van der Waals surface area contributed by atoms with E-state index in [1.54, 1.807) is 36.1 Å². The Kier molecular flexibility index (Phi) is 5.27. The predicted molar refractivity (Wildman–Crippen MR) is 97.9 cm³/mol. The summed E-state index contributed by atoms with van der Waals surface area (Å²) in [5.74, 6) is 0.402. The monoisotopic (exact) mass is 379 g/mol. The molecule has 5 nitrogen and oxygen atoms in total. The van der Waals surface area contributed by atoms with Gasteiger partial charge >= 0.3 is 0 Å². The summed E-state index contributed by atoms with van der Waals surface area (Å²) >= 11 is 1.36. The number of methoxy groups -OCH3 is 1. The van der Waals surface area contributed by atoms with Gasteiger partial charge in [0.05, 0.1) is 12.0 Å². The van der Waals surface area contributed by atoms with Crippen LogP contribution >= 0.6 is 11.3 Å². The lowest BCUT2D eigenvalue weighted by Crippen LogP contribution is -2.42. The highest BCUT2D eigenvalue weighted by molar-refractivity contribution is 7.89. The van der Waals surface area contributed by atoms with E-state index in [-0.39, 0.29) is 18.2 Å². The molecule has 0 radical (unpaired) electrons. The van der Waals surface area contributed by atoms with E-state index in [1.807, 2.05) is 13.0 Å². The van der Waals surface area contributed by atoms with E-state index in [2.05, 4.69) is 0 Å². The van der Waals surface area contributed by atoms with E-state index < -0.39 is 10.0 Å². The van der Waals surface area contributed by atoms with Gasteiger partial charge in [0.2, 0.25) is 10.0 Å². The lowest BCUT2D eigenvalue weighted by atomic mass is 9.89. The Morgan fingerprint density at radius 3 is 2.76 bits per heavy atom. The Labute approximate surface area is 152 Å². The maximum atomic E-state index is 12.9. The van der Waals surface area contributed by atoms with Crippen LogP contribution in [-0.2, 0) is 10.0 Å². The van der Waals surface area contributed by atoms with Crippen LogP contribution in [0.25, 0.3) is 0 Å². The number of ketones is 1. The summed E-state index contributed by atoms with van der Waals surface area (Å²) in [5.41, 5.74) is 1.49. The van der Waals surface area contributed by atoms with Gasteiger partial charge in [-0.2, -0.15) is 15.6 Å². The largest absolute Gasteiger partial charge is 0.497 e. The third kappa shape index (κ3) is 3.63. The van der Waals surface area contributed by atoms with Crippen LogP contribution in [0.4, 0.5) is 0 Å². The molecule has 1 aromatic carbocycles. The first kappa shape index (κ1) is 18.1. The first-order chi connectivity index (χ1) is 11.9. The Morgan fingerprint density at radius 2 is 2.12 bits per heavy atom. The minimum absolute atomic E-state index is 0.00497. The van der Waals surface area contributed by atoms with Crippen LogP contribution < -0.4 is 4.74 Å². The molecule has 0 amide bonds. The number of piperidine rings is 1. The van der Waals surface area contributed by atoms with Crippen molar-refractivity contribution >= 4 is 27.1 Å². The zero-order valence-electron chi connectivity index (χ0n) is 14.3. The highest BCUT2D eigenvalue weighted by Crippen LogP contribution is 2.28. The van der Waals surface area contributed by atoms with Crippen molar-refractivity contribution in [2.45, 2.75) is 24.7 Å². The van der Waals surface area contributed by atoms with E-state index in [4.69, 9.17) is 4.74 Å². The van der Waals surface area contributed by atoms with Crippen molar-refractivity contribution in [3.05, 3.63) is 46.2 Å². The van der Waals surface area contributed by atoms with E-state index in [1.165, 1.54) is 15.6 Å². The van der Waals surface area contributed by atoms with E-state index >= 15 is 0 Å². The van der Waals surface area contributed by atoms with Gasteiger partial charge in [-0.25, -0.2) is 8.42 Å². The fourth-order valence-electron chi connectivity index (χ4n) is 3.18. The topological polar surface area (TPSA) is 63.7 Å². The van der Waals surface area contributed by atoms with Gasteiger partial charge in [-0.3, -0.25) is 4.79 Å². The number of aryl methyl sites for hydroxylation is 1. The van der Waals surface area contributed by atoms with Crippen LogP contribution in [-0.4, -0.2) is 38.7 Å². The van der Waals surface area contributed by atoms with Gasteiger partial charge in [0.1, 0.15) is 5.75 Å². The lowest BCUT2D eigenvalue weighted by molar-refractivity contribution is 0.0872. The molecule has 0 saturated carbocycles. The van der Waals surface area contributed by atoms with Gasteiger partial charge < -0.3 is 4.74 Å². The molecule has 1 atom stereocenters. The minimum Gasteiger partial charge on any atom is -0.497 e. The Hall–Kier alpha value is -1.70. The number of ether oxygens (including phenoxy) is 1. The van der Waals surface area contributed by atoms with Crippen molar-refractivity contribution in [3.8, 4) is 5.75 Å². The number of nitrogens with zero attached hydrogens (tertiary/aromatic N) is 1. The summed E-state index contributed by atoms with van der Waals surface area (Å²) in [4.78, 5) is 13.2. The average molecular weight is 380 g/mol. The molecule has 0 spiro atoms. The van der Waals surface area contributed by atoms with E-state index in [9.17, 15) is 13.2 Å². The van der Waals surface area contributed by atoms with Crippen molar-refractivity contribution < 1.29 is 17.9 Å². The Bertz CT molecular complexity index is 859. The first-order valence-corrected chi connectivity index (χ1v) is 10.5. The summed E-state index contributed by atoms with van der Waals surface area (Å²) in [6.45, 7) is 2.57. The fraction of sp³-hybridized carbons (Fsp3) is 0.389. The second-order valence-corrected chi connectivity index (χ2v) is 8.92. The van der Waals surface area contributed by atoms with Gasteiger partial charge in [-0.15, -0.1) is 0 Å². The number of thiophene rings is 1. The van der Waals surface area contributed by atoms with E-state index in [0.29, 0.717) is 35.6 Å². The number of sulfonamides is 1. The van der Waals surface area contributed by atoms with Crippen LogP contribution in [0.1, 0.15) is 28.8 Å². The van der Waals surface area contributed by atoms with Crippen molar-refractivity contribution in [3.63, 3.8) is 0 Å². The Morgan fingerprint density at radius 1 is 1.32 bits per heavy atom. The fourth-order valence-corrected chi connectivity index (χ4v) is 5.72. The molecule has 2 aromatic rings. The number of carbonyl (C=O) groups excluding carboxylic acids is 1. The molecule has 7 heteroatoms. The number of hydrogen-bond acceptors (Lipinski definition) is 5. The zero-order chi connectivity index (χ0) is 18.0. The Balaban J connectivity index is 1.81. The van der Waals surface area contributed by atoms with Crippen molar-refractivity contribution in [2.75, 3.05) is 20.2 Å². The molecule has 1 fully saturated rings. The third-order valence-electron chi connectivity index (χ3n) is 4.59. The smallest absolute Gasteiger partial charge is 0.243 e. The highest BCUT2D eigenvalue weighted by atomic mass is 32.2. The van der Waals surface area contributed by atoms with Crippen LogP contribution in [0.15, 0.2) is 39.9 Å². The molecule has 0 aliphatic carbocycles. The molecular weight excluding hydrogens is 358 g/mol. The summed E-state index contributed by atoms with van der Waals surface area (Å²) in [6, 6.07) is 6.97. The molecule has 1 saturated heterocycles. The number of carbonyl (C=O) groups is 1. The number of benzene rings is 1. The van der Waals surface area contributed by atoms with Crippen LogP contribution in [0.5, 0.6) is 5.75 Å². The van der Waals surface area contributed by atoms with Gasteiger partial charge in [0, 0.05) is 30.0 Å². The molecule has 0 bridgehead atoms. The van der Waals surface area contributed by atoms with Crippen LogP contribution in [0.2, 0.25) is 0 Å². The second-order valence-electron chi connectivity index (χ2n) is 6.21. The molecule has 134 valence electrons. The van der Waals surface area contributed by atoms with E-state index in [0.717, 1.165) is 5.56 Å². The molecule has 1 aliphatic heterocycles. The maximum Gasteiger partial charge on any atom is 0.243 e. The minimum atomic E-state index is -3.52. The molecule has 1 aliphatic rings. The third-order valence-corrected chi connectivity index (χ3v) is 7.28. The standard InChI is InChI=1S/C18H21NO4S2/c1-13-10-15(23-2)5-6-17(13)18(20)14-4-3-8-19(11-14)25(21,22)16-7-9-24-12-16/h5-7,9-10,12,14H,3-4,8,11H2,1-2H3. The number of hydrogen-bond donors (Lipinski definition) is 0. The lowest BCUT2D eigenvalue weighted by Gasteiger charge is -2.31. The summed E-state index contributed by atoms with van der Waals surface area (Å²) in [7, 11) is -1.93. The van der Waals surface area contributed by atoms with Crippen LogP contribution in [0.3, 0.4) is 0 Å². The molecule has 2 heterocycles. The predicted octanol–water partition coefficient (Wildman–Crippen LogP) is 3.35. The molecule has 25 heavy (non-hydrogen) atoms. The molecule has 1 aromatic heterocycles. The van der Waals surface area contributed by atoms with Gasteiger partial charge in [0.25, 0.3) is 0 Å². The second kappa shape index (κ2) is 7.27. The molecule has 0 N–H and O–H groups in total. The molecular formula is C18H21NO4S2. The maximum absolute atomic E-state index is 12.9. The van der Waals surface area contributed by atoms with Crippen LogP contribution in [0, 0.1) is 12.8 Å². The molecule has 3 rings (SSSR count). The van der Waals surface area contributed by atoms with Gasteiger partial charge in [-0.1, -0.05) is 0 Å².